The fourth-order valence-corrected chi connectivity index (χ4v) is 5.33. The van der Waals surface area contributed by atoms with Crippen molar-refractivity contribution in [1.82, 2.24) is 33.4 Å². The number of pyridine rings is 1. The van der Waals surface area contributed by atoms with Gasteiger partial charge in [-0.25, -0.2) is 22.9 Å². The maximum absolute atomic E-state index is 12.8. The van der Waals surface area contributed by atoms with Gasteiger partial charge in [0.2, 0.25) is 5.91 Å². The van der Waals surface area contributed by atoms with Gasteiger partial charge in [-0.05, 0) is 38.3 Å². The quantitative estimate of drug-likeness (QED) is 0.500. The molecule has 0 bridgehead atoms. The van der Waals surface area contributed by atoms with Crippen LogP contribution in [0, 0.1) is 12.8 Å². The standard InChI is InChI=1S/C20H27N7O4S/c1-15-22-18(14-24(15)2)32(30,31)25-12-7-16(8-13-25)19(28)21-9-5-11-27-20(29)26-10-4-3-6-17(26)23-27/h3-4,6,10,14,16H,5,7-9,11-13H2,1-2H3,(H,21,28). The van der Waals surface area contributed by atoms with Crippen LogP contribution in [0.2, 0.25) is 0 Å². The number of hydrogen-bond acceptors (Lipinski definition) is 6. The summed E-state index contributed by atoms with van der Waals surface area (Å²) in [6.07, 6.45) is 4.68. The van der Waals surface area contributed by atoms with Crippen molar-refractivity contribution in [2.45, 2.75) is 37.8 Å². The lowest BCUT2D eigenvalue weighted by atomic mass is 9.97. The molecule has 0 saturated carbocycles. The maximum Gasteiger partial charge on any atom is 0.350 e. The molecule has 0 spiro atoms. The van der Waals surface area contributed by atoms with Crippen molar-refractivity contribution in [2.24, 2.45) is 13.0 Å². The van der Waals surface area contributed by atoms with Gasteiger partial charge in [-0.3, -0.25) is 9.20 Å². The maximum atomic E-state index is 12.8. The Bertz CT molecular complexity index is 1260. The fourth-order valence-electron chi connectivity index (χ4n) is 3.84. The van der Waals surface area contributed by atoms with E-state index in [-0.39, 0.29) is 35.6 Å². The molecule has 0 aromatic carbocycles. The van der Waals surface area contributed by atoms with Crippen molar-refractivity contribution >= 4 is 21.6 Å². The van der Waals surface area contributed by atoms with Crippen LogP contribution >= 0.6 is 0 Å². The minimum Gasteiger partial charge on any atom is -0.356 e. The highest BCUT2D eigenvalue weighted by Crippen LogP contribution is 2.23. The largest absolute Gasteiger partial charge is 0.356 e. The molecule has 1 fully saturated rings. The number of imidazole rings is 1. The second-order valence-corrected chi connectivity index (χ2v) is 9.88. The molecule has 11 nitrogen and oxygen atoms in total. The zero-order chi connectivity index (χ0) is 22.9. The highest BCUT2D eigenvalue weighted by Gasteiger charge is 2.33. The van der Waals surface area contributed by atoms with Gasteiger partial charge in [-0.1, -0.05) is 6.07 Å². The lowest BCUT2D eigenvalue weighted by Crippen LogP contribution is -2.43. The summed E-state index contributed by atoms with van der Waals surface area (Å²) in [5.74, 6) is 0.312. The summed E-state index contributed by atoms with van der Waals surface area (Å²) in [4.78, 5) is 28.9. The Morgan fingerprint density at radius 1 is 1.25 bits per heavy atom. The minimum atomic E-state index is -3.65. The van der Waals surface area contributed by atoms with E-state index in [1.807, 2.05) is 6.07 Å². The number of nitrogens with zero attached hydrogens (tertiary/aromatic N) is 6. The van der Waals surface area contributed by atoms with Gasteiger partial charge in [0.1, 0.15) is 5.82 Å². The van der Waals surface area contributed by atoms with E-state index < -0.39 is 10.0 Å². The summed E-state index contributed by atoms with van der Waals surface area (Å²) < 4.78 is 31.5. The molecule has 0 unspecified atom stereocenters. The first-order chi connectivity index (χ1) is 15.3. The van der Waals surface area contributed by atoms with Crippen LogP contribution < -0.4 is 11.0 Å². The second-order valence-electron chi connectivity index (χ2n) is 7.99. The van der Waals surface area contributed by atoms with E-state index in [1.54, 1.807) is 36.9 Å². The third kappa shape index (κ3) is 4.32. The Morgan fingerprint density at radius 3 is 2.66 bits per heavy atom. The average molecular weight is 462 g/mol. The predicted octanol–water partition coefficient (Wildman–Crippen LogP) is 0.145. The molecule has 0 atom stereocenters. The molecule has 1 saturated heterocycles. The van der Waals surface area contributed by atoms with Crippen LogP contribution in [0.15, 0.2) is 40.4 Å². The molecule has 4 heterocycles. The highest BCUT2D eigenvalue weighted by atomic mass is 32.2. The van der Waals surface area contributed by atoms with Crippen molar-refractivity contribution in [3.05, 3.63) is 46.9 Å². The Kier molecular flexibility index (Phi) is 6.15. The molecule has 0 radical (unpaired) electrons. The zero-order valence-electron chi connectivity index (χ0n) is 18.1. The molecule has 1 amide bonds. The van der Waals surface area contributed by atoms with Crippen LogP contribution in [0.4, 0.5) is 0 Å². The van der Waals surface area contributed by atoms with Gasteiger partial charge in [-0.2, -0.15) is 4.31 Å². The van der Waals surface area contributed by atoms with Crippen LogP contribution in [0.5, 0.6) is 0 Å². The second kappa shape index (κ2) is 8.87. The molecule has 4 rings (SSSR count). The minimum absolute atomic E-state index is 0.0441. The van der Waals surface area contributed by atoms with Gasteiger partial charge < -0.3 is 9.88 Å². The molecule has 3 aromatic heterocycles. The van der Waals surface area contributed by atoms with Gasteiger partial charge in [0.15, 0.2) is 10.7 Å². The lowest BCUT2D eigenvalue weighted by molar-refractivity contribution is -0.126. The number of nitrogens with one attached hydrogen (secondary N) is 1. The van der Waals surface area contributed by atoms with E-state index >= 15 is 0 Å². The van der Waals surface area contributed by atoms with E-state index in [0.717, 1.165) is 0 Å². The Hall–Kier alpha value is -2.99. The molecule has 1 aliphatic rings. The summed E-state index contributed by atoms with van der Waals surface area (Å²) in [5.41, 5.74) is 0.382. The first-order valence-corrected chi connectivity index (χ1v) is 12.0. The molecule has 3 aromatic rings. The Balaban J connectivity index is 1.25. The van der Waals surface area contributed by atoms with Crippen molar-refractivity contribution in [3.8, 4) is 0 Å². The third-order valence-electron chi connectivity index (χ3n) is 5.85. The number of carbonyl (C=O) groups is 1. The van der Waals surface area contributed by atoms with Crippen molar-refractivity contribution in [2.75, 3.05) is 19.6 Å². The van der Waals surface area contributed by atoms with Crippen LogP contribution in [0.25, 0.3) is 5.65 Å². The SMILES string of the molecule is Cc1nc(S(=O)(=O)N2CCC(C(=O)NCCCn3nc4ccccn4c3=O)CC2)cn1C. The highest BCUT2D eigenvalue weighted by molar-refractivity contribution is 7.89. The molecule has 1 aliphatic heterocycles. The number of rotatable bonds is 7. The van der Waals surface area contributed by atoms with Crippen molar-refractivity contribution in [1.29, 1.82) is 0 Å². The van der Waals surface area contributed by atoms with Gasteiger partial charge in [0, 0.05) is 51.5 Å². The normalized spacial score (nSPS) is 15.9. The topological polar surface area (TPSA) is 124 Å². The number of hydrogen-bond donors (Lipinski definition) is 1. The fraction of sp³-hybridized carbons (Fsp3) is 0.500. The number of aromatic nitrogens is 5. The predicted molar refractivity (Wildman–Crippen MR) is 117 cm³/mol. The first-order valence-electron chi connectivity index (χ1n) is 10.6. The summed E-state index contributed by atoms with van der Waals surface area (Å²) in [6, 6.07) is 5.36. The van der Waals surface area contributed by atoms with E-state index in [0.29, 0.717) is 43.8 Å². The van der Waals surface area contributed by atoms with Gasteiger partial charge in [0.05, 0.1) is 0 Å². The van der Waals surface area contributed by atoms with Crippen LogP contribution in [0.3, 0.4) is 0 Å². The van der Waals surface area contributed by atoms with E-state index in [9.17, 15) is 18.0 Å². The number of fused-ring (bicyclic) bond motifs is 1. The van der Waals surface area contributed by atoms with Gasteiger partial charge in [-0.15, -0.1) is 5.10 Å². The van der Waals surface area contributed by atoms with Crippen molar-refractivity contribution < 1.29 is 13.2 Å². The van der Waals surface area contributed by atoms with E-state index in [2.05, 4.69) is 15.4 Å². The van der Waals surface area contributed by atoms with E-state index in [1.165, 1.54) is 19.6 Å². The third-order valence-corrected chi connectivity index (χ3v) is 7.62. The molecule has 172 valence electrons. The number of piperidine rings is 1. The Morgan fingerprint density at radius 2 is 2.00 bits per heavy atom. The summed E-state index contributed by atoms with van der Waals surface area (Å²) in [6.45, 7) is 3.15. The summed E-state index contributed by atoms with van der Waals surface area (Å²) in [5, 5.41) is 7.21. The van der Waals surface area contributed by atoms with Crippen LogP contribution in [0.1, 0.15) is 25.1 Å². The number of sulfonamides is 1. The molecule has 12 heteroatoms. The zero-order valence-corrected chi connectivity index (χ0v) is 19.0. The summed E-state index contributed by atoms with van der Waals surface area (Å²) in [7, 11) is -1.90. The van der Waals surface area contributed by atoms with Crippen LogP contribution in [-0.4, -0.2) is 62.0 Å². The molecule has 32 heavy (non-hydrogen) atoms. The number of amides is 1. The monoisotopic (exact) mass is 461 g/mol. The molecular weight excluding hydrogens is 434 g/mol. The van der Waals surface area contributed by atoms with Gasteiger partial charge >= 0.3 is 5.69 Å². The van der Waals surface area contributed by atoms with Gasteiger partial charge in [0.25, 0.3) is 10.0 Å². The van der Waals surface area contributed by atoms with Crippen molar-refractivity contribution in [3.63, 3.8) is 0 Å². The molecular formula is C20H27N7O4S. The first kappa shape index (κ1) is 22.2. The smallest absolute Gasteiger partial charge is 0.350 e. The molecule has 1 N–H and O–H groups in total. The number of carbonyl (C=O) groups excluding carboxylic acids is 1. The van der Waals surface area contributed by atoms with Crippen LogP contribution in [-0.2, 0) is 28.4 Å². The van der Waals surface area contributed by atoms with E-state index in [4.69, 9.17) is 0 Å². The number of aryl methyl sites for hydroxylation is 3. The Labute approximate surface area is 185 Å². The molecule has 0 aliphatic carbocycles. The lowest BCUT2D eigenvalue weighted by Gasteiger charge is -2.29. The summed E-state index contributed by atoms with van der Waals surface area (Å²) >= 11 is 0. The average Bonchev–Trinajstić information content (AvgIpc) is 3.30.